The smallest absolute Gasteiger partial charge is 0.307 e. The lowest BCUT2D eigenvalue weighted by Gasteiger charge is -2.43. The van der Waals surface area contributed by atoms with Crippen LogP contribution < -0.4 is 10.5 Å². The highest BCUT2D eigenvalue weighted by Gasteiger charge is 2.53. The van der Waals surface area contributed by atoms with Crippen LogP contribution in [0.3, 0.4) is 0 Å². The van der Waals surface area contributed by atoms with Gasteiger partial charge in [-0.1, -0.05) is 12.1 Å². The van der Waals surface area contributed by atoms with Crippen LogP contribution in [0.1, 0.15) is 36.3 Å². The maximum atomic E-state index is 11.0. The third kappa shape index (κ3) is 3.44. The van der Waals surface area contributed by atoms with Crippen molar-refractivity contribution in [2.75, 3.05) is 7.11 Å². The highest BCUT2D eigenvalue weighted by molar-refractivity contribution is 5.59. The van der Waals surface area contributed by atoms with E-state index in [1.165, 1.54) is 24.2 Å². The summed E-state index contributed by atoms with van der Waals surface area (Å²) in [7, 11) is 1.52. The quantitative estimate of drug-likeness (QED) is 0.528. The molecule has 0 spiro atoms. The molecular formula is C24H21N7O3. The van der Waals surface area contributed by atoms with Gasteiger partial charge in [0.1, 0.15) is 24.2 Å². The van der Waals surface area contributed by atoms with Crippen molar-refractivity contribution >= 4 is 5.69 Å². The molecule has 0 unspecified atom stereocenters. The number of nitrogens with two attached hydrogens (primary N) is 1. The molecule has 0 saturated carbocycles. The molecule has 0 radical (unpaired) electrons. The van der Waals surface area contributed by atoms with Gasteiger partial charge < -0.3 is 10.5 Å². The second kappa shape index (κ2) is 8.73. The zero-order valence-electron chi connectivity index (χ0n) is 18.4. The Bertz CT molecular complexity index is 1340. The summed E-state index contributed by atoms with van der Waals surface area (Å²) >= 11 is 0. The third-order valence-electron chi connectivity index (χ3n) is 6.63. The van der Waals surface area contributed by atoms with E-state index < -0.39 is 16.3 Å². The number of nitro groups is 1. The summed E-state index contributed by atoms with van der Waals surface area (Å²) in [6, 6.07) is 11.8. The van der Waals surface area contributed by atoms with Crippen LogP contribution in [0.5, 0.6) is 5.75 Å². The average molecular weight is 455 g/mol. The third-order valence-corrected chi connectivity index (χ3v) is 6.63. The Balaban J connectivity index is 1.87. The van der Waals surface area contributed by atoms with Crippen LogP contribution in [0, 0.1) is 55.4 Å². The molecule has 1 aromatic carbocycles. The number of nitrogens with zero attached hydrogens (tertiary/aromatic N) is 6. The van der Waals surface area contributed by atoms with Crippen molar-refractivity contribution in [3.63, 3.8) is 0 Å². The zero-order chi connectivity index (χ0) is 24.5. The van der Waals surface area contributed by atoms with Crippen LogP contribution in [0.15, 0.2) is 53.5 Å². The highest BCUT2D eigenvalue weighted by atomic mass is 16.6. The fourth-order valence-electron chi connectivity index (χ4n) is 5.07. The molecule has 0 aliphatic heterocycles. The molecule has 0 saturated heterocycles. The summed E-state index contributed by atoms with van der Waals surface area (Å²) in [5, 5.41) is 45.2. The second-order valence-corrected chi connectivity index (χ2v) is 8.33. The normalized spacial score (nSPS) is 20.8. The molecule has 34 heavy (non-hydrogen) atoms. The molecule has 2 aliphatic carbocycles. The molecule has 0 amide bonds. The fraction of sp³-hybridized carbons (Fsp3) is 0.333. The van der Waals surface area contributed by atoms with Crippen LogP contribution in [-0.4, -0.2) is 21.8 Å². The number of rotatable bonds is 5. The van der Waals surface area contributed by atoms with Crippen LogP contribution in [-0.2, 0) is 6.54 Å². The van der Waals surface area contributed by atoms with Crippen molar-refractivity contribution in [3.8, 4) is 24.0 Å². The lowest BCUT2D eigenvalue weighted by molar-refractivity contribution is -0.385. The van der Waals surface area contributed by atoms with E-state index in [9.17, 15) is 25.9 Å². The molecule has 2 atom stereocenters. The molecule has 2 N–H and O–H groups in total. The van der Waals surface area contributed by atoms with Gasteiger partial charge in [-0.05, 0) is 48.4 Å². The Kier molecular flexibility index (Phi) is 5.79. The summed E-state index contributed by atoms with van der Waals surface area (Å²) in [4.78, 5) is 10.5. The van der Waals surface area contributed by atoms with Gasteiger partial charge in [0.05, 0.1) is 42.0 Å². The Labute approximate surface area is 195 Å². The van der Waals surface area contributed by atoms with Crippen LogP contribution in [0.2, 0.25) is 0 Å². The minimum Gasteiger partial charge on any atom is -0.496 e. The predicted molar refractivity (Wildman–Crippen MR) is 120 cm³/mol. The summed E-state index contributed by atoms with van der Waals surface area (Å²) in [6.07, 6.45) is 6.86. The highest BCUT2D eigenvalue weighted by Crippen LogP contribution is 2.56. The first-order valence-electron chi connectivity index (χ1n) is 10.7. The van der Waals surface area contributed by atoms with Crippen LogP contribution in [0.25, 0.3) is 0 Å². The van der Waals surface area contributed by atoms with E-state index in [4.69, 9.17) is 10.5 Å². The van der Waals surface area contributed by atoms with Gasteiger partial charge in [-0.25, -0.2) is 0 Å². The molecule has 10 heteroatoms. The number of aromatic nitrogens is 2. The summed E-state index contributed by atoms with van der Waals surface area (Å²) in [5.74, 6) is -0.275. The van der Waals surface area contributed by atoms with Crippen molar-refractivity contribution < 1.29 is 9.66 Å². The van der Waals surface area contributed by atoms with Crippen molar-refractivity contribution in [2.45, 2.75) is 31.7 Å². The first-order chi connectivity index (χ1) is 16.4. The molecule has 1 aromatic heterocycles. The van der Waals surface area contributed by atoms with Gasteiger partial charge >= 0.3 is 5.69 Å². The predicted octanol–water partition coefficient (Wildman–Crippen LogP) is 3.44. The molecule has 0 fully saturated rings. The SMILES string of the molecule is COc1ccc([C@H]2[C@H]3CCCC=C3C(C#N)=C(N)C2(C#N)C#N)cc1Cn1cc([N+](=O)[O-])cn1. The Morgan fingerprint density at radius 2 is 2.12 bits per heavy atom. The fourth-order valence-corrected chi connectivity index (χ4v) is 5.07. The van der Waals surface area contributed by atoms with E-state index in [0.29, 0.717) is 23.3 Å². The van der Waals surface area contributed by atoms with Gasteiger partial charge in [-0.15, -0.1) is 0 Å². The van der Waals surface area contributed by atoms with Gasteiger partial charge in [0.25, 0.3) is 0 Å². The Morgan fingerprint density at radius 3 is 2.74 bits per heavy atom. The van der Waals surface area contributed by atoms with E-state index in [-0.39, 0.29) is 29.4 Å². The topological polar surface area (TPSA) is 168 Å². The monoisotopic (exact) mass is 455 g/mol. The second-order valence-electron chi connectivity index (χ2n) is 8.33. The molecule has 0 bridgehead atoms. The molecule has 2 aliphatic rings. The number of nitriles is 3. The number of ether oxygens (including phenoxy) is 1. The zero-order valence-corrected chi connectivity index (χ0v) is 18.4. The minimum absolute atomic E-state index is 0.0190. The number of allylic oxidation sites excluding steroid dienone is 4. The van der Waals surface area contributed by atoms with Crippen molar-refractivity contribution in [1.29, 1.82) is 15.8 Å². The van der Waals surface area contributed by atoms with E-state index >= 15 is 0 Å². The molecule has 1 heterocycles. The van der Waals surface area contributed by atoms with E-state index in [2.05, 4.69) is 23.3 Å². The molecule has 2 aromatic rings. The standard InChI is InChI=1S/C24H21N7O3/c1-34-21-7-6-15(8-16(21)11-30-12-17(10-29-30)31(32)33)22-19-5-3-2-4-18(19)20(9-25)23(28)24(22,13-26)14-27/h4,6-8,10,12,19,22H,2-3,5,11,28H2,1H3/t19-,22-/m0/s1. The van der Waals surface area contributed by atoms with Crippen molar-refractivity contribution in [3.05, 3.63) is 74.8 Å². The number of hydrogen-bond acceptors (Lipinski definition) is 8. The van der Waals surface area contributed by atoms with Gasteiger partial charge in [-0.2, -0.15) is 20.9 Å². The van der Waals surface area contributed by atoms with Crippen molar-refractivity contribution in [2.24, 2.45) is 17.1 Å². The maximum Gasteiger partial charge on any atom is 0.307 e. The lowest BCUT2D eigenvalue weighted by atomic mass is 9.56. The number of methoxy groups -OCH3 is 1. The van der Waals surface area contributed by atoms with Gasteiger partial charge in [0.2, 0.25) is 0 Å². The summed E-state index contributed by atoms with van der Waals surface area (Å²) < 4.78 is 6.91. The van der Waals surface area contributed by atoms with Gasteiger partial charge in [0.15, 0.2) is 5.41 Å². The van der Waals surface area contributed by atoms with Crippen LogP contribution in [0.4, 0.5) is 5.69 Å². The van der Waals surface area contributed by atoms with Gasteiger partial charge in [0, 0.05) is 11.5 Å². The maximum absolute atomic E-state index is 11.0. The lowest BCUT2D eigenvalue weighted by Crippen LogP contribution is -2.42. The first-order valence-corrected chi connectivity index (χ1v) is 10.7. The molecule has 4 rings (SSSR count). The number of hydrogen-bond donors (Lipinski definition) is 1. The number of benzene rings is 1. The van der Waals surface area contributed by atoms with Gasteiger partial charge in [-0.3, -0.25) is 14.8 Å². The molecule has 170 valence electrons. The Hall–Kier alpha value is -4.62. The minimum atomic E-state index is -1.71. The summed E-state index contributed by atoms with van der Waals surface area (Å²) in [6.45, 7) is 0.186. The first kappa shape index (κ1) is 22.6. The molecular weight excluding hydrogens is 434 g/mol. The molecule has 10 nitrogen and oxygen atoms in total. The summed E-state index contributed by atoms with van der Waals surface area (Å²) in [5.41, 5.74) is 6.88. The Morgan fingerprint density at radius 1 is 1.35 bits per heavy atom. The average Bonchev–Trinajstić information content (AvgIpc) is 3.32. The largest absolute Gasteiger partial charge is 0.496 e. The number of fused-ring (bicyclic) bond motifs is 1. The van der Waals surface area contributed by atoms with Crippen LogP contribution >= 0.6 is 0 Å². The van der Waals surface area contributed by atoms with E-state index in [1.807, 2.05) is 12.1 Å². The van der Waals surface area contributed by atoms with Crippen molar-refractivity contribution in [1.82, 2.24) is 9.78 Å². The van der Waals surface area contributed by atoms with E-state index in [1.54, 1.807) is 12.1 Å². The van der Waals surface area contributed by atoms with E-state index in [0.717, 1.165) is 18.4 Å².